The number of nitrogens with one attached hydrogen (secondary N) is 2. The molecule has 0 bridgehead atoms. The Morgan fingerprint density at radius 1 is 1.19 bits per heavy atom. The van der Waals surface area contributed by atoms with Crippen molar-refractivity contribution in [3.63, 3.8) is 0 Å². The van der Waals surface area contributed by atoms with Crippen LogP contribution in [0.25, 0.3) is 0 Å². The molecule has 0 radical (unpaired) electrons. The van der Waals surface area contributed by atoms with Crippen molar-refractivity contribution in [3.05, 3.63) is 28.8 Å². The van der Waals surface area contributed by atoms with Gasteiger partial charge in [-0.2, -0.15) is 0 Å². The second-order valence-electron chi connectivity index (χ2n) is 4.81. The van der Waals surface area contributed by atoms with Gasteiger partial charge in [0.2, 0.25) is 0 Å². The molecule has 0 aliphatic carbocycles. The number of fused-ring (bicyclic) bond motifs is 1. The van der Waals surface area contributed by atoms with Crippen molar-refractivity contribution in [2.45, 2.75) is 18.8 Å². The van der Waals surface area contributed by atoms with E-state index in [4.69, 9.17) is 11.6 Å². The number of halogens is 1. The van der Waals surface area contributed by atoms with Crippen LogP contribution in [0.2, 0.25) is 5.02 Å². The third-order valence-electron chi connectivity index (χ3n) is 3.88. The largest absolute Gasteiger partial charge is 0.384 e. The maximum Gasteiger partial charge on any atom is 0.0426 e. The van der Waals surface area contributed by atoms with Crippen LogP contribution in [-0.4, -0.2) is 19.6 Å². The number of hydrogen-bond acceptors (Lipinski definition) is 2. The Morgan fingerprint density at radius 3 is 2.81 bits per heavy atom. The molecule has 0 spiro atoms. The van der Waals surface area contributed by atoms with Crippen molar-refractivity contribution in [1.82, 2.24) is 5.32 Å². The van der Waals surface area contributed by atoms with Gasteiger partial charge in [0.1, 0.15) is 0 Å². The number of piperidine rings is 1. The Kier molecular flexibility index (Phi) is 2.78. The van der Waals surface area contributed by atoms with E-state index in [1.54, 1.807) is 0 Å². The average molecular weight is 237 g/mol. The summed E-state index contributed by atoms with van der Waals surface area (Å²) in [6.45, 7) is 3.43. The van der Waals surface area contributed by atoms with Crippen molar-refractivity contribution in [2.75, 3.05) is 25.0 Å². The molecule has 1 aromatic rings. The third kappa shape index (κ3) is 1.80. The lowest BCUT2D eigenvalue weighted by molar-refractivity contribution is 0.330. The summed E-state index contributed by atoms with van der Waals surface area (Å²) < 4.78 is 0. The van der Waals surface area contributed by atoms with E-state index in [-0.39, 0.29) is 0 Å². The molecule has 2 heterocycles. The van der Waals surface area contributed by atoms with Crippen molar-refractivity contribution in [1.29, 1.82) is 0 Å². The molecule has 3 heteroatoms. The Bertz CT molecular complexity index is 386. The van der Waals surface area contributed by atoms with E-state index in [1.165, 1.54) is 37.2 Å². The van der Waals surface area contributed by atoms with E-state index in [1.807, 2.05) is 6.07 Å². The van der Waals surface area contributed by atoms with Crippen LogP contribution >= 0.6 is 11.6 Å². The number of rotatable bonds is 1. The molecular formula is C13H17ClN2. The van der Waals surface area contributed by atoms with Crippen molar-refractivity contribution in [3.8, 4) is 0 Å². The fourth-order valence-electron chi connectivity index (χ4n) is 3.00. The zero-order chi connectivity index (χ0) is 11.0. The lowest BCUT2D eigenvalue weighted by Crippen LogP contribution is -2.31. The molecule has 16 heavy (non-hydrogen) atoms. The van der Waals surface area contributed by atoms with Crippen molar-refractivity contribution < 1.29 is 0 Å². The highest BCUT2D eigenvalue weighted by Gasteiger charge is 2.30. The van der Waals surface area contributed by atoms with E-state index in [0.717, 1.165) is 17.5 Å². The van der Waals surface area contributed by atoms with Gasteiger partial charge in [0, 0.05) is 23.2 Å². The average Bonchev–Trinajstić information content (AvgIpc) is 2.73. The standard InChI is InChI=1S/C13H17ClN2/c14-10-1-2-11-12(8-16-13(11)7-10)9-3-5-15-6-4-9/h1-2,7,9,12,15-16H,3-6,8H2. The molecule has 3 rings (SSSR count). The lowest BCUT2D eigenvalue weighted by atomic mass is 9.82. The maximum atomic E-state index is 6.01. The molecule has 1 saturated heterocycles. The van der Waals surface area contributed by atoms with Crippen LogP contribution in [0, 0.1) is 5.92 Å². The van der Waals surface area contributed by atoms with Gasteiger partial charge in [0.25, 0.3) is 0 Å². The minimum Gasteiger partial charge on any atom is -0.384 e. The summed E-state index contributed by atoms with van der Waals surface area (Å²) in [4.78, 5) is 0. The van der Waals surface area contributed by atoms with Gasteiger partial charge < -0.3 is 10.6 Å². The normalized spacial score (nSPS) is 25.2. The van der Waals surface area contributed by atoms with Gasteiger partial charge in [-0.25, -0.2) is 0 Å². The molecule has 2 nitrogen and oxygen atoms in total. The van der Waals surface area contributed by atoms with Crippen LogP contribution in [0.5, 0.6) is 0 Å². The Morgan fingerprint density at radius 2 is 2.00 bits per heavy atom. The molecule has 0 amide bonds. The first-order valence-electron chi connectivity index (χ1n) is 6.08. The molecule has 86 valence electrons. The molecule has 0 saturated carbocycles. The van der Waals surface area contributed by atoms with Gasteiger partial charge in [-0.3, -0.25) is 0 Å². The molecule has 2 aliphatic rings. The van der Waals surface area contributed by atoms with Gasteiger partial charge in [0.05, 0.1) is 0 Å². The fraction of sp³-hybridized carbons (Fsp3) is 0.538. The summed E-state index contributed by atoms with van der Waals surface area (Å²) in [6, 6.07) is 6.27. The van der Waals surface area contributed by atoms with E-state index in [9.17, 15) is 0 Å². The number of benzene rings is 1. The quantitative estimate of drug-likeness (QED) is 0.784. The van der Waals surface area contributed by atoms with E-state index in [0.29, 0.717) is 5.92 Å². The van der Waals surface area contributed by atoms with Crippen LogP contribution in [0.3, 0.4) is 0 Å². The van der Waals surface area contributed by atoms with Crippen molar-refractivity contribution >= 4 is 17.3 Å². The third-order valence-corrected chi connectivity index (χ3v) is 4.12. The fourth-order valence-corrected chi connectivity index (χ4v) is 3.17. The predicted molar refractivity (Wildman–Crippen MR) is 68.3 cm³/mol. The highest BCUT2D eigenvalue weighted by Crippen LogP contribution is 2.40. The summed E-state index contributed by atoms with van der Waals surface area (Å²) in [5.74, 6) is 1.52. The van der Waals surface area contributed by atoms with E-state index < -0.39 is 0 Å². The first-order chi connectivity index (χ1) is 7.84. The maximum absolute atomic E-state index is 6.01. The first kappa shape index (κ1) is 10.4. The van der Waals surface area contributed by atoms with Crippen molar-refractivity contribution in [2.24, 2.45) is 5.92 Å². The molecule has 1 aromatic carbocycles. The molecule has 2 aliphatic heterocycles. The smallest absolute Gasteiger partial charge is 0.0426 e. The molecule has 1 fully saturated rings. The van der Waals surface area contributed by atoms with Crippen LogP contribution < -0.4 is 10.6 Å². The minimum atomic E-state index is 0.689. The minimum absolute atomic E-state index is 0.689. The number of hydrogen-bond donors (Lipinski definition) is 2. The SMILES string of the molecule is Clc1ccc2c(c1)NCC2C1CCNCC1. The molecular weight excluding hydrogens is 220 g/mol. The van der Waals surface area contributed by atoms with Gasteiger partial charge >= 0.3 is 0 Å². The highest BCUT2D eigenvalue weighted by atomic mass is 35.5. The molecule has 2 N–H and O–H groups in total. The van der Waals surface area contributed by atoms with Gasteiger partial charge in [0.15, 0.2) is 0 Å². The van der Waals surface area contributed by atoms with Gasteiger partial charge in [-0.15, -0.1) is 0 Å². The van der Waals surface area contributed by atoms with E-state index >= 15 is 0 Å². The Labute approximate surface area is 101 Å². The lowest BCUT2D eigenvalue weighted by Gasteiger charge is -2.28. The zero-order valence-corrected chi connectivity index (χ0v) is 10.1. The molecule has 1 atom stereocenters. The second kappa shape index (κ2) is 4.27. The van der Waals surface area contributed by atoms with Crippen LogP contribution in [-0.2, 0) is 0 Å². The van der Waals surface area contributed by atoms with Gasteiger partial charge in [-0.1, -0.05) is 17.7 Å². The highest BCUT2D eigenvalue weighted by molar-refractivity contribution is 6.30. The zero-order valence-electron chi connectivity index (χ0n) is 9.30. The Hall–Kier alpha value is -0.730. The summed E-state index contributed by atoms with van der Waals surface area (Å²) in [5.41, 5.74) is 2.72. The van der Waals surface area contributed by atoms with Crippen LogP contribution in [0.15, 0.2) is 18.2 Å². The first-order valence-corrected chi connectivity index (χ1v) is 6.46. The topological polar surface area (TPSA) is 24.1 Å². The summed E-state index contributed by atoms with van der Waals surface area (Å²) in [5, 5.41) is 7.74. The molecule has 1 unspecified atom stereocenters. The van der Waals surface area contributed by atoms with Crippen LogP contribution in [0.4, 0.5) is 5.69 Å². The number of anilines is 1. The van der Waals surface area contributed by atoms with Crippen LogP contribution in [0.1, 0.15) is 24.3 Å². The monoisotopic (exact) mass is 236 g/mol. The summed E-state index contributed by atoms with van der Waals surface area (Å²) in [7, 11) is 0. The predicted octanol–water partition coefficient (Wildman–Crippen LogP) is 2.85. The summed E-state index contributed by atoms with van der Waals surface area (Å²) in [6.07, 6.45) is 2.60. The molecule has 0 aromatic heterocycles. The second-order valence-corrected chi connectivity index (χ2v) is 5.24. The van der Waals surface area contributed by atoms with E-state index in [2.05, 4.69) is 22.8 Å². The summed E-state index contributed by atoms with van der Waals surface area (Å²) >= 11 is 6.01. The Balaban J connectivity index is 1.84. The van der Waals surface area contributed by atoms with Gasteiger partial charge in [-0.05, 0) is 49.5 Å².